The highest BCUT2D eigenvalue weighted by Gasteiger charge is 2.20. The number of ether oxygens (including phenoxy) is 1. The van der Waals surface area contributed by atoms with Gasteiger partial charge in [-0.1, -0.05) is 13.8 Å². The molecule has 0 aliphatic carbocycles. The van der Waals surface area contributed by atoms with Crippen molar-refractivity contribution < 1.29 is 4.74 Å². The van der Waals surface area contributed by atoms with Crippen molar-refractivity contribution in [2.45, 2.75) is 59.2 Å². The van der Waals surface area contributed by atoms with Gasteiger partial charge < -0.3 is 15.0 Å². The number of hydrogen-bond acceptors (Lipinski definition) is 4. The summed E-state index contributed by atoms with van der Waals surface area (Å²) >= 11 is 0. The minimum atomic E-state index is 0.350. The lowest BCUT2D eigenvalue weighted by molar-refractivity contribution is 0.116. The summed E-state index contributed by atoms with van der Waals surface area (Å²) in [6.07, 6.45) is 2.69. The molecule has 0 aromatic carbocycles. The van der Waals surface area contributed by atoms with E-state index in [0.717, 1.165) is 37.6 Å². The highest BCUT2D eigenvalue weighted by atomic mass is 16.5. The van der Waals surface area contributed by atoms with Crippen molar-refractivity contribution in [2.24, 2.45) is 0 Å². The Bertz CT molecular complexity index is 467. The van der Waals surface area contributed by atoms with E-state index in [4.69, 9.17) is 9.72 Å². The minimum Gasteiger partial charge on any atom is -0.376 e. The molecule has 1 aliphatic heterocycles. The monoisotopic (exact) mass is 291 g/mol. The maximum absolute atomic E-state index is 5.76. The number of aryl methyl sites for hydroxylation is 2. The van der Waals surface area contributed by atoms with E-state index in [0.29, 0.717) is 12.1 Å². The third-order valence-corrected chi connectivity index (χ3v) is 4.00. The molecule has 0 saturated carbocycles. The third-order valence-electron chi connectivity index (χ3n) is 4.00. The number of pyridine rings is 1. The number of aromatic nitrogens is 1. The van der Waals surface area contributed by atoms with E-state index in [1.807, 2.05) is 0 Å². The van der Waals surface area contributed by atoms with E-state index >= 15 is 0 Å². The molecule has 1 unspecified atom stereocenters. The van der Waals surface area contributed by atoms with Gasteiger partial charge in [0.1, 0.15) is 5.82 Å². The van der Waals surface area contributed by atoms with E-state index in [1.54, 1.807) is 0 Å². The molecule has 1 aromatic rings. The molecule has 1 N–H and O–H groups in total. The molecule has 1 atom stereocenters. The van der Waals surface area contributed by atoms with Crippen molar-refractivity contribution in [3.05, 3.63) is 22.9 Å². The molecule has 1 saturated heterocycles. The zero-order valence-electron chi connectivity index (χ0n) is 14.1. The second-order valence-corrected chi connectivity index (χ2v) is 6.43. The normalized spacial score (nSPS) is 18.5. The molecule has 21 heavy (non-hydrogen) atoms. The average molecular weight is 291 g/mol. The van der Waals surface area contributed by atoms with Gasteiger partial charge in [0.15, 0.2) is 0 Å². The predicted octanol–water partition coefficient (Wildman–Crippen LogP) is 2.81. The number of nitrogens with one attached hydrogen (secondary N) is 1. The first-order valence-corrected chi connectivity index (χ1v) is 8.00. The van der Waals surface area contributed by atoms with Crippen molar-refractivity contribution in [1.29, 1.82) is 0 Å². The number of nitrogens with zero attached hydrogens (tertiary/aromatic N) is 2. The Labute approximate surface area is 128 Å². The number of hydrogen-bond donors (Lipinski definition) is 1. The Morgan fingerprint density at radius 1 is 1.43 bits per heavy atom. The van der Waals surface area contributed by atoms with Crippen LogP contribution < -0.4 is 10.2 Å². The highest BCUT2D eigenvalue weighted by Crippen LogP contribution is 2.23. The van der Waals surface area contributed by atoms with E-state index in [9.17, 15) is 0 Å². The van der Waals surface area contributed by atoms with Gasteiger partial charge in [-0.2, -0.15) is 0 Å². The van der Waals surface area contributed by atoms with Crippen LogP contribution in [0.4, 0.5) is 5.82 Å². The Hall–Kier alpha value is -1.13. The van der Waals surface area contributed by atoms with Crippen molar-refractivity contribution in [1.82, 2.24) is 10.3 Å². The maximum atomic E-state index is 5.76. The third kappa shape index (κ3) is 4.42. The summed E-state index contributed by atoms with van der Waals surface area (Å²) in [6.45, 7) is 11.3. The molecule has 0 amide bonds. The first kappa shape index (κ1) is 16.2. The fourth-order valence-corrected chi connectivity index (χ4v) is 2.86. The molecule has 0 bridgehead atoms. The van der Waals surface area contributed by atoms with Crippen molar-refractivity contribution >= 4 is 5.82 Å². The molecule has 0 radical (unpaired) electrons. The van der Waals surface area contributed by atoms with Crippen LogP contribution in [0, 0.1) is 13.8 Å². The lowest BCUT2D eigenvalue weighted by Crippen LogP contribution is -2.31. The Kier molecular flexibility index (Phi) is 5.59. The standard InChI is InChI=1S/C17H29N3O/c1-12(2)18-10-16-13(3)9-14(4)19-17(16)20(5)11-15-7-6-8-21-15/h9,12,15,18H,6-8,10-11H2,1-5H3. The van der Waals surface area contributed by atoms with Crippen LogP contribution in [0.25, 0.3) is 0 Å². The lowest BCUT2D eigenvalue weighted by atomic mass is 10.1. The fourth-order valence-electron chi connectivity index (χ4n) is 2.86. The van der Waals surface area contributed by atoms with Crippen molar-refractivity contribution in [3.8, 4) is 0 Å². The van der Waals surface area contributed by atoms with E-state index in [-0.39, 0.29) is 0 Å². The first-order chi connectivity index (χ1) is 9.97. The largest absolute Gasteiger partial charge is 0.376 e. The summed E-state index contributed by atoms with van der Waals surface area (Å²) in [4.78, 5) is 7.04. The van der Waals surface area contributed by atoms with Gasteiger partial charge in [-0.05, 0) is 38.3 Å². The zero-order chi connectivity index (χ0) is 15.4. The van der Waals surface area contributed by atoms with Gasteiger partial charge in [-0.3, -0.25) is 0 Å². The van der Waals surface area contributed by atoms with Gasteiger partial charge in [0.2, 0.25) is 0 Å². The van der Waals surface area contributed by atoms with Crippen LogP contribution in [0.1, 0.15) is 43.5 Å². The second-order valence-electron chi connectivity index (χ2n) is 6.43. The Balaban J connectivity index is 2.18. The summed E-state index contributed by atoms with van der Waals surface area (Å²) in [5, 5.41) is 3.51. The van der Waals surface area contributed by atoms with Crippen molar-refractivity contribution in [2.75, 3.05) is 25.1 Å². The smallest absolute Gasteiger partial charge is 0.133 e. The molecule has 118 valence electrons. The number of anilines is 1. The van der Waals surface area contributed by atoms with Gasteiger partial charge in [0.05, 0.1) is 6.10 Å². The SMILES string of the molecule is Cc1cc(C)c(CNC(C)C)c(N(C)CC2CCCO2)n1. The summed E-state index contributed by atoms with van der Waals surface area (Å²) in [5.74, 6) is 1.09. The van der Waals surface area contributed by atoms with Crippen LogP contribution in [-0.4, -0.2) is 37.3 Å². The van der Waals surface area contributed by atoms with Crippen LogP contribution in [0.3, 0.4) is 0 Å². The number of likely N-dealkylation sites (N-methyl/N-ethyl adjacent to an activating group) is 1. The van der Waals surface area contributed by atoms with Crippen LogP contribution >= 0.6 is 0 Å². The molecule has 1 aromatic heterocycles. The zero-order valence-corrected chi connectivity index (χ0v) is 14.1. The quantitative estimate of drug-likeness (QED) is 0.874. The topological polar surface area (TPSA) is 37.4 Å². The van der Waals surface area contributed by atoms with E-state index in [1.165, 1.54) is 17.5 Å². The van der Waals surface area contributed by atoms with Crippen LogP contribution in [-0.2, 0) is 11.3 Å². The summed E-state index contributed by atoms with van der Waals surface area (Å²) in [7, 11) is 2.13. The molecule has 4 nitrogen and oxygen atoms in total. The predicted molar refractivity (Wildman–Crippen MR) is 87.9 cm³/mol. The first-order valence-electron chi connectivity index (χ1n) is 8.00. The molecular weight excluding hydrogens is 262 g/mol. The van der Waals surface area contributed by atoms with Gasteiger partial charge >= 0.3 is 0 Å². The van der Waals surface area contributed by atoms with Gasteiger partial charge in [0.25, 0.3) is 0 Å². The van der Waals surface area contributed by atoms with Gasteiger partial charge in [0, 0.05) is 44.0 Å². The molecule has 2 heterocycles. The van der Waals surface area contributed by atoms with Crippen LogP contribution in [0.15, 0.2) is 6.07 Å². The Morgan fingerprint density at radius 2 is 2.19 bits per heavy atom. The molecule has 1 fully saturated rings. The van der Waals surface area contributed by atoms with Crippen LogP contribution in [0.2, 0.25) is 0 Å². The molecule has 1 aliphatic rings. The molecule has 2 rings (SSSR count). The molecular formula is C17H29N3O. The van der Waals surface area contributed by atoms with Gasteiger partial charge in [-0.25, -0.2) is 4.98 Å². The summed E-state index contributed by atoms with van der Waals surface area (Å²) in [5.41, 5.74) is 3.69. The van der Waals surface area contributed by atoms with Crippen LogP contribution in [0.5, 0.6) is 0 Å². The summed E-state index contributed by atoms with van der Waals surface area (Å²) < 4.78 is 5.76. The van der Waals surface area contributed by atoms with Gasteiger partial charge in [-0.15, -0.1) is 0 Å². The Morgan fingerprint density at radius 3 is 2.81 bits per heavy atom. The van der Waals surface area contributed by atoms with E-state index in [2.05, 4.69) is 51.0 Å². The van der Waals surface area contributed by atoms with Crippen molar-refractivity contribution in [3.63, 3.8) is 0 Å². The summed E-state index contributed by atoms with van der Waals surface area (Å²) in [6, 6.07) is 2.64. The highest BCUT2D eigenvalue weighted by molar-refractivity contribution is 5.51. The second kappa shape index (κ2) is 7.23. The molecule has 0 spiro atoms. The fraction of sp³-hybridized carbons (Fsp3) is 0.706. The minimum absolute atomic E-state index is 0.350. The average Bonchev–Trinajstić information content (AvgIpc) is 2.89. The molecule has 4 heteroatoms. The lowest BCUT2D eigenvalue weighted by Gasteiger charge is -2.26. The number of rotatable bonds is 6. The van der Waals surface area contributed by atoms with E-state index < -0.39 is 0 Å². The maximum Gasteiger partial charge on any atom is 0.133 e.